The van der Waals surface area contributed by atoms with Gasteiger partial charge in [0.2, 0.25) is 0 Å². The van der Waals surface area contributed by atoms with E-state index in [1.54, 1.807) is 0 Å². The molecule has 3 rings (SSSR count). The standard InChI is InChI=1S/C21H32N4O2/c1-21(2,3)27-20(26)24-12-9-16(10-13-24)15-23-19(22-4)25-14-11-17-7-5-6-8-18(17)25/h5-8,16H,9-15H2,1-4H3,(H,22,23). The number of carbonyl (C=O) groups is 1. The van der Waals surface area contributed by atoms with E-state index in [9.17, 15) is 4.79 Å². The maximum absolute atomic E-state index is 12.2. The smallest absolute Gasteiger partial charge is 0.410 e. The van der Waals surface area contributed by atoms with Crippen LogP contribution in [0, 0.1) is 5.92 Å². The van der Waals surface area contributed by atoms with Crippen molar-refractivity contribution in [3.63, 3.8) is 0 Å². The van der Waals surface area contributed by atoms with Crippen LogP contribution in [0.4, 0.5) is 10.5 Å². The lowest BCUT2D eigenvalue weighted by atomic mass is 9.97. The summed E-state index contributed by atoms with van der Waals surface area (Å²) in [6.45, 7) is 9.08. The van der Waals surface area contributed by atoms with Crippen LogP contribution in [0.1, 0.15) is 39.2 Å². The van der Waals surface area contributed by atoms with Gasteiger partial charge in [-0.2, -0.15) is 0 Å². The number of nitrogens with one attached hydrogen (secondary N) is 1. The molecular formula is C21H32N4O2. The molecule has 1 saturated heterocycles. The fourth-order valence-corrected chi connectivity index (χ4v) is 3.74. The monoisotopic (exact) mass is 372 g/mol. The number of likely N-dealkylation sites (tertiary alicyclic amines) is 1. The Kier molecular flexibility index (Phi) is 5.92. The predicted molar refractivity (Wildman–Crippen MR) is 109 cm³/mol. The number of ether oxygens (including phenoxy) is 1. The summed E-state index contributed by atoms with van der Waals surface area (Å²) in [4.78, 5) is 20.8. The minimum Gasteiger partial charge on any atom is -0.444 e. The number of hydrogen-bond acceptors (Lipinski definition) is 3. The maximum atomic E-state index is 12.2. The molecule has 1 aromatic carbocycles. The van der Waals surface area contributed by atoms with Crippen LogP contribution < -0.4 is 10.2 Å². The normalized spacial score (nSPS) is 18.4. The predicted octanol–water partition coefficient (Wildman–Crippen LogP) is 3.27. The molecule has 2 aliphatic rings. The highest BCUT2D eigenvalue weighted by atomic mass is 16.6. The summed E-state index contributed by atoms with van der Waals surface area (Å²) < 4.78 is 5.47. The Labute approximate surface area is 162 Å². The molecule has 0 unspecified atom stereocenters. The molecule has 0 saturated carbocycles. The quantitative estimate of drug-likeness (QED) is 0.639. The van der Waals surface area contributed by atoms with E-state index in [-0.39, 0.29) is 6.09 Å². The zero-order valence-electron chi connectivity index (χ0n) is 17.0. The van der Waals surface area contributed by atoms with E-state index in [0.717, 1.165) is 51.4 Å². The lowest BCUT2D eigenvalue weighted by Gasteiger charge is -2.34. The van der Waals surface area contributed by atoms with Gasteiger partial charge < -0.3 is 19.9 Å². The number of nitrogens with zero attached hydrogens (tertiary/aromatic N) is 3. The molecule has 1 N–H and O–H groups in total. The molecule has 1 amide bonds. The Morgan fingerprint density at radius 1 is 1.22 bits per heavy atom. The average molecular weight is 373 g/mol. The van der Waals surface area contributed by atoms with Gasteiger partial charge in [0.15, 0.2) is 5.96 Å². The molecule has 0 aliphatic carbocycles. The van der Waals surface area contributed by atoms with E-state index in [1.807, 2.05) is 32.7 Å². The van der Waals surface area contributed by atoms with Crippen molar-refractivity contribution in [1.82, 2.24) is 10.2 Å². The van der Waals surface area contributed by atoms with Crippen LogP contribution in [-0.4, -0.2) is 55.8 Å². The van der Waals surface area contributed by atoms with E-state index in [2.05, 4.69) is 39.5 Å². The van der Waals surface area contributed by atoms with Crippen LogP contribution in [0.3, 0.4) is 0 Å². The average Bonchev–Trinajstić information content (AvgIpc) is 3.05. The number of guanidine groups is 1. The number of carbonyl (C=O) groups excluding carboxylic acids is 1. The number of anilines is 1. The number of fused-ring (bicyclic) bond motifs is 1. The molecule has 1 aromatic rings. The Bertz CT molecular complexity index is 688. The molecule has 2 heterocycles. The molecule has 0 atom stereocenters. The van der Waals surface area contributed by atoms with E-state index >= 15 is 0 Å². The van der Waals surface area contributed by atoms with Gasteiger partial charge in [0.1, 0.15) is 5.60 Å². The second-order valence-corrected chi connectivity index (χ2v) is 8.37. The minimum atomic E-state index is -0.437. The van der Waals surface area contributed by atoms with Crippen molar-refractivity contribution in [2.75, 3.05) is 38.1 Å². The van der Waals surface area contributed by atoms with Crippen molar-refractivity contribution in [3.05, 3.63) is 29.8 Å². The van der Waals surface area contributed by atoms with Gasteiger partial charge in [-0.25, -0.2) is 4.79 Å². The second-order valence-electron chi connectivity index (χ2n) is 8.37. The molecule has 6 heteroatoms. The molecule has 2 aliphatic heterocycles. The van der Waals surface area contributed by atoms with Crippen molar-refractivity contribution in [2.24, 2.45) is 10.9 Å². The summed E-state index contributed by atoms with van der Waals surface area (Å²) >= 11 is 0. The van der Waals surface area contributed by atoms with E-state index < -0.39 is 5.60 Å². The lowest BCUT2D eigenvalue weighted by molar-refractivity contribution is 0.0185. The van der Waals surface area contributed by atoms with Crippen molar-refractivity contribution in [1.29, 1.82) is 0 Å². The number of piperidine rings is 1. The van der Waals surface area contributed by atoms with Crippen LogP contribution in [0.25, 0.3) is 0 Å². The summed E-state index contributed by atoms with van der Waals surface area (Å²) in [7, 11) is 1.84. The molecule has 148 valence electrons. The van der Waals surface area contributed by atoms with E-state index in [0.29, 0.717) is 5.92 Å². The lowest BCUT2D eigenvalue weighted by Crippen LogP contribution is -2.46. The summed E-state index contributed by atoms with van der Waals surface area (Å²) in [5.74, 6) is 1.48. The van der Waals surface area contributed by atoms with E-state index in [1.165, 1.54) is 11.3 Å². The molecule has 0 bridgehead atoms. The first kappa shape index (κ1) is 19.5. The van der Waals surface area contributed by atoms with Crippen LogP contribution in [0.15, 0.2) is 29.3 Å². The van der Waals surface area contributed by atoms with Gasteiger partial charge in [0.05, 0.1) is 0 Å². The highest BCUT2D eigenvalue weighted by molar-refractivity contribution is 5.97. The highest BCUT2D eigenvalue weighted by Gasteiger charge is 2.28. The van der Waals surface area contributed by atoms with E-state index in [4.69, 9.17) is 4.74 Å². The molecule has 0 aromatic heterocycles. The summed E-state index contributed by atoms with van der Waals surface area (Å²) in [6, 6.07) is 8.53. The first-order chi connectivity index (χ1) is 12.9. The van der Waals surface area contributed by atoms with Crippen molar-refractivity contribution in [2.45, 2.75) is 45.6 Å². The van der Waals surface area contributed by atoms with Gasteiger partial charge in [-0.15, -0.1) is 0 Å². The summed E-state index contributed by atoms with van der Waals surface area (Å²) in [6.07, 6.45) is 2.84. The third-order valence-electron chi connectivity index (χ3n) is 5.17. The molecular weight excluding hydrogens is 340 g/mol. The Morgan fingerprint density at radius 2 is 1.93 bits per heavy atom. The van der Waals surface area contributed by atoms with Gasteiger partial charge in [0, 0.05) is 38.9 Å². The van der Waals surface area contributed by atoms with Crippen LogP contribution in [-0.2, 0) is 11.2 Å². The first-order valence-electron chi connectivity index (χ1n) is 9.91. The molecule has 0 spiro atoms. The Morgan fingerprint density at radius 3 is 2.59 bits per heavy atom. The first-order valence-corrected chi connectivity index (χ1v) is 9.91. The van der Waals surface area contributed by atoms with Crippen LogP contribution >= 0.6 is 0 Å². The molecule has 0 radical (unpaired) electrons. The highest BCUT2D eigenvalue weighted by Crippen LogP contribution is 2.27. The number of aliphatic imine (C=N–C) groups is 1. The Balaban J connectivity index is 1.48. The minimum absolute atomic E-state index is 0.196. The zero-order valence-corrected chi connectivity index (χ0v) is 17.0. The fourth-order valence-electron chi connectivity index (χ4n) is 3.74. The second kappa shape index (κ2) is 8.19. The number of rotatable bonds is 2. The fraction of sp³-hybridized carbons (Fsp3) is 0.619. The zero-order chi connectivity index (χ0) is 19.4. The van der Waals surface area contributed by atoms with Gasteiger partial charge in [-0.05, 0) is 57.6 Å². The van der Waals surface area contributed by atoms with Crippen LogP contribution in [0.2, 0.25) is 0 Å². The summed E-state index contributed by atoms with van der Waals surface area (Å²) in [5.41, 5.74) is 2.20. The number of hydrogen-bond donors (Lipinski definition) is 1. The number of para-hydroxylation sites is 1. The molecule has 27 heavy (non-hydrogen) atoms. The van der Waals surface area contributed by atoms with Gasteiger partial charge in [-0.3, -0.25) is 4.99 Å². The maximum Gasteiger partial charge on any atom is 0.410 e. The van der Waals surface area contributed by atoms with Gasteiger partial charge in [-0.1, -0.05) is 18.2 Å². The number of amides is 1. The SMILES string of the molecule is CN=C(NCC1CCN(C(=O)OC(C)(C)C)CC1)N1CCc2ccccc21. The molecule has 1 fully saturated rings. The van der Waals surface area contributed by atoms with Gasteiger partial charge >= 0.3 is 6.09 Å². The van der Waals surface area contributed by atoms with Gasteiger partial charge in [0.25, 0.3) is 0 Å². The number of benzene rings is 1. The van der Waals surface area contributed by atoms with Crippen molar-refractivity contribution >= 4 is 17.7 Å². The van der Waals surface area contributed by atoms with Crippen molar-refractivity contribution < 1.29 is 9.53 Å². The van der Waals surface area contributed by atoms with Crippen LogP contribution in [0.5, 0.6) is 0 Å². The van der Waals surface area contributed by atoms with Crippen molar-refractivity contribution in [3.8, 4) is 0 Å². The largest absolute Gasteiger partial charge is 0.444 e. The Hall–Kier alpha value is -2.24. The topological polar surface area (TPSA) is 57.2 Å². The summed E-state index contributed by atoms with van der Waals surface area (Å²) in [5, 5.41) is 3.55. The third-order valence-corrected chi connectivity index (χ3v) is 5.17. The molecule has 6 nitrogen and oxygen atoms in total. The third kappa shape index (κ3) is 4.93.